The fourth-order valence-electron chi connectivity index (χ4n) is 3.14. The predicted octanol–water partition coefficient (Wildman–Crippen LogP) is 2.34. The summed E-state index contributed by atoms with van der Waals surface area (Å²) in [5.74, 6) is -0.312. The maximum absolute atomic E-state index is 12.5. The molecule has 1 heterocycles. The van der Waals surface area contributed by atoms with Crippen LogP contribution in [0.2, 0.25) is 0 Å². The lowest BCUT2D eigenvalue weighted by atomic mass is 10.1. The first kappa shape index (κ1) is 18.1. The highest BCUT2D eigenvalue weighted by Gasteiger charge is 2.48. The third-order valence-corrected chi connectivity index (χ3v) is 4.86. The van der Waals surface area contributed by atoms with Gasteiger partial charge < -0.3 is 10.2 Å². The topological polar surface area (TPSA) is 62.3 Å². The first-order chi connectivity index (χ1) is 12.5. The molecule has 26 heavy (non-hydrogen) atoms. The van der Waals surface area contributed by atoms with Gasteiger partial charge in [0, 0.05) is 32.5 Å². The van der Waals surface area contributed by atoms with E-state index in [9.17, 15) is 9.59 Å². The van der Waals surface area contributed by atoms with Gasteiger partial charge in [-0.15, -0.1) is 0 Å². The van der Waals surface area contributed by atoms with Gasteiger partial charge in [-0.25, -0.2) is 0 Å². The molecule has 1 aliphatic rings. The van der Waals surface area contributed by atoms with Crippen molar-refractivity contribution in [3.8, 4) is 0 Å². The maximum Gasteiger partial charge on any atom is 0.226 e. The molecule has 1 aromatic carbocycles. The standard InChI is InChI=1S/C21H25N3O2/c1-15-4-3-5-17(12-15)14-23-20(25)18-13-19(18)21(26)24(2)11-8-16-6-9-22-10-7-16/h3-7,9-10,12,18-19H,8,11,13-14H2,1-2H3,(H,23,25). The van der Waals surface area contributed by atoms with Crippen LogP contribution in [0.3, 0.4) is 0 Å². The summed E-state index contributed by atoms with van der Waals surface area (Å²) in [7, 11) is 1.81. The molecule has 5 nitrogen and oxygen atoms in total. The summed E-state index contributed by atoms with van der Waals surface area (Å²) < 4.78 is 0. The average molecular weight is 351 g/mol. The molecule has 1 fully saturated rings. The van der Waals surface area contributed by atoms with Crippen molar-refractivity contribution in [2.75, 3.05) is 13.6 Å². The van der Waals surface area contributed by atoms with E-state index >= 15 is 0 Å². The molecule has 136 valence electrons. The zero-order chi connectivity index (χ0) is 18.5. The second-order valence-electron chi connectivity index (χ2n) is 7.02. The highest BCUT2D eigenvalue weighted by Crippen LogP contribution is 2.40. The average Bonchev–Trinajstić information content (AvgIpc) is 3.45. The quantitative estimate of drug-likeness (QED) is 0.833. The number of carbonyl (C=O) groups is 2. The van der Waals surface area contributed by atoms with E-state index in [1.54, 1.807) is 17.3 Å². The van der Waals surface area contributed by atoms with Crippen molar-refractivity contribution in [2.24, 2.45) is 11.8 Å². The van der Waals surface area contributed by atoms with Gasteiger partial charge in [-0.2, -0.15) is 0 Å². The number of amides is 2. The van der Waals surface area contributed by atoms with Crippen LogP contribution >= 0.6 is 0 Å². The number of hydrogen-bond donors (Lipinski definition) is 1. The highest BCUT2D eigenvalue weighted by molar-refractivity contribution is 5.92. The van der Waals surface area contributed by atoms with E-state index < -0.39 is 0 Å². The lowest BCUT2D eigenvalue weighted by molar-refractivity contribution is -0.133. The van der Waals surface area contributed by atoms with Crippen molar-refractivity contribution in [1.29, 1.82) is 0 Å². The largest absolute Gasteiger partial charge is 0.352 e. The van der Waals surface area contributed by atoms with Crippen LogP contribution < -0.4 is 5.32 Å². The van der Waals surface area contributed by atoms with Crippen LogP contribution in [0, 0.1) is 18.8 Å². The summed E-state index contributed by atoms with van der Waals surface area (Å²) in [5.41, 5.74) is 3.41. The Labute approximate surface area is 154 Å². The van der Waals surface area contributed by atoms with E-state index in [4.69, 9.17) is 0 Å². The predicted molar refractivity (Wildman–Crippen MR) is 100 cm³/mol. The number of hydrogen-bond acceptors (Lipinski definition) is 3. The first-order valence-corrected chi connectivity index (χ1v) is 9.01. The Bertz CT molecular complexity index is 776. The molecule has 1 aromatic heterocycles. The van der Waals surface area contributed by atoms with Crippen LogP contribution in [0.15, 0.2) is 48.8 Å². The molecular weight excluding hydrogens is 326 g/mol. The van der Waals surface area contributed by atoms with Crippen molar-refractivity contribution < 1.29 is 9.59 Å². The van der Waals surface area contributed by atoms with Crippen LogP contribution in [0.5, 0.6) is 0 Å². The number of benzene rings is 1. The van der Waals surface area contributed by atoms with Crippen molar-refractivity contribution >= 4 is 11.8 Å². The minimum Gasteiger partial charge on any atom is -0.352 e. The lowest BCUT2D eigenvalue weighted by Crippen LogP contribution is -2.32. The van der Waals surface area contributed by atoms with E-state index in [-0.39, 0.29) is 23.7 Å². The monoisotopic (exact) mass is 351 g/mol. The van der Waals surface area contributed by atoms with Gasteiger partial charge in [-0.05, 0) is 43.0 Å². The van der Waals surface area contributed by atoms with Gasteiger partial charge >= 0.3 is 0 Å². The number of aryl methyl sites for hydroxylation is 1. The molecule has 1 saturated carbocycles. The Hall–Kier alpha value is -2.69. The Morgan fingerprint density at radius 3 is 2.65 bits per heavy atom. The Kier molecular flexibility index (Phi) is 5.66. The smallest absolute Gasteiger partial charge is 0.226 e. The van der Waals surface area contributed by atoms with Gasteiger partial charge in [0.1, 0.15) is 0 Å². The van der Waals surface area contributed by atoms with E-state index in [2.05, 4.69) is 16.4 Å². The molecule has 5 heteroatoms. The number of pyridine rings is 1. The summed E-state index contributed by atoms with van der Waals surface area (Å²) in [5, 5.41) is 2.95. The molecule has 2 unspecified atom stereocenters. The highest BCUT2D eigenvalue weighted by atomic mass is 16.2. The fourth-order valence-corrected chi connectivity index (χ4v) is 3.14. The number of likely N-dealkylation sites (N-methyl/N-ethyl adjacent to an activating group) is 1. The Morgan fingerprint density at radius 2 is 1.92 bits per heavy atom. The first-order valence-electron chi connectivity index (χ1n) is 9.01. The van der Waals surface area contributed by atoms with E-state index in [0.717, 1.165) is 17.5 Å². The number of aromatic nitrogens is 1. The summed E-state index contributed by atoms with van der Waals surface area (Å²) in [6.45, 7) is 3.19. The molecule has 3 rings (SSSR count). The minimum absolute atomic E-state index is 0.0209. The Balaban J connectivity index is 1.43. The molecule has 0 spiro atoms. The molecule has 2 amide bonds. The number of nitrogens with one attached hydrogen (secondary N) is 1. The van der Waals surface area contributed by atoms with Gasteiger partial charge in [-0.1, -0.05) is 29.8 Å². The lowest BCUT2D eigenvalue weighted by Gasteiger charge is -2.17. The van der Waals surface area contributed by atoms with Gasteiger partial charge in [0.15, 0.2) is 0 Å². The van der Waals surface area contributed by atoms with Gasteiger partial charge in [-0.3, -0.25) is 14.6 Å². The molecule has 1 aliphatic carbocycles. The zero-order valence-corrected chi connectivity index (χ0v) is 15.3. The van der Waals surface area contributed by atoms with Gasteiger partial charge in [0.25, 0.3) is 0 Å². The van der Waals surface area contributed by atoms with Crippen LogP contribution in [0.25, 0.3) is 0 Å². The SMILES string of the molecule is Cc1cccc(CNC(=O)C2CC2C(=O)N(C)CCc2ccncc2)c1. The molecule has 0 saturated heterocycles. The summed E-state index contributed by atoms with van der Waals surface area (Å²) >= 11 is 0. The second-order valence-corrected chi connectivity index (χ2v) is 7.02. The van der Waals surface area contributed by atoms with Crippen molar-refractivity contribution in [3.05, 3.63) is 65.5 Å². The fraction of sp³-hybridized carbons (Fsp3) is 0.381. The molecule has 0 aliphatic heterocycles. The van der Waals surface area contributed by atoms with Crippen LogP contribution in [0.4, 0.5) is 0 Å². The normalized spacial score (nSPS) is 18.2. The number of carbonyl (C=O) groups excluding carboxylic acids is 2. The van der Waals surface area contributed by atoms with Gasteiger partial charge in [0.05, 0.1) is 11.8 Å². The molecule has 0 radical (unpaired) electrons. The summed E-state index contributed by atoms with van der Waals surface area (Å²) in [4.78, 5) is 30.5. The zero-order valence-electron chi connectivity index (χ0n) is 15.3. The second kappa shape index (κ2) is 8.13. The molecule has 1 N–H and O–H groups in total. The van der Waals surface area contributed by atoms with Crippen LogP contribution in [0.1, 0.15) is 23.1 Å². The third-order valence-electron chi connectivity index (χ3n) is 4.86. The van der Waals surface area contributed by atoms with Crippen molar-refractivity contribution in [2.45, 2.75) is 26.3 Å². The maximum atomic E-state index is 12.5. The van der Waals surface area contributed by atoms with Crippen LogP contribution in [-0.4, -0.2) is 35.3 Å². The molecular formula is C21H25N3O2. The van der Waals surface area contributed by atoms with Crippen molar-refractivity contribution in [3.63, 3.8) is 0 Å². The molecule has 0 bridgehead atoms. The number of nitrogens with zero attached hydrogens (tertiary/aromatic N) is 2. The Morgan fingerprint density at radius 1 is 1.15 bits per heavy atom. The molecule has 2 aromatic rings. The number of rotatable bonds is 7. The van der Waals surface area contributed by atoms with E-state index in [1.165, 1.54) is 5.56 Å². The summed E-state index contributed by atoms with van der Waals surface area (Å²) in [6, 6.07) is 12.0. The summed E-state index contributed by atoms with van der Waals surface area (Å²) in [6.07, 6.45) is 4.96. The van der Waals surface area contributed by atoms with Gasteiger partial charge in [0.2, 0.25) is 11.8 Å². The van der Waals surface area contributed by atoms with E-state index in [0.29, 0.717) is 19.5 Å². The van der Waals surface area contributed by atoms with E-state index in [1.807, 2.05) is 44.3 Å². The van der Waals surface area contributed by atoms with Crippen LogP contribution in [-0.2, 0) is 22.6 Å². The molecule has 2 atom stereocenters. The van der Waals surface area contributed by atoms with Crippen molar-refractivity contribution in [1.82, 2.24) is 15.2 Å². The minimum atomic E-state index is -0.185. The third kappa shape index (κ3) is 4.69.